The van der Waals surface area contributed by atoms with Gasteiger partial charge in [-0.25, -0.2) is 0 Å². The zero-order chi connectivity index (χ0) is 25.7. The third-order valence-electron chi connectivity index (χ3n) is 6.56. The molecule has 0 fully saturated rings. The van der Waals surface area contributed by atoms with E-state index in [1.807, 2.05) is 106 Å². The summed E-state index contributed by atoms with van der Waals surface area (Å²) in [5.41, 5.74) is 14.8. The van der Waals surface area contributed by atoms with E-state index in [9.17, 15) is 4.79 Å². The van der Waals surface area contributed by atoms with Gasteiger partial charge in [0, 0.05) is 48.0 Å². The second-order valence-corrected chi connectivity index (χ2v) is 8.77. The van der Waals surface area contributed by atoms with Crippen LogP contribution in [-0.4, -0.2) is 19.9 Å². The lowest BCUT2D eigenvalue weighted by Crippen LogP contribution is -2.19. The van der Waals surface area contributed by atoms with E-state index in [4.69, 9.17) is 5.73 Å². The third-order valence-corrected chi connectivity index (χ3v) is 6.56. The Hall–Kier alpha value is -4.25. The first-order valence-corrected chi connectivity index (χ1v) is 12.4. The molecule has 0 aliphatic carbocycles. The van der Waals surface area contributed by atoms with Crippen LogP contribution >= 0.6 is 0 Å². The number of carbonyl (C=O) groups excluding carboxylic acids is 1. The summed E-state index contributed by atoms with van der Waals surface area (Å²) in [6.07, 6.45) is 1.52. The molecule has 0 heterocycles. The number of nitrogens with two attached hydrogens (primary N) is 1. The van der Waals surface area contributed by atoms with E-state index in [1.54, 1.807) is 0 Å². The maximum absolute atomic E-state index is 14.3. The smallest absolute Gasteiger partial charge is 0.197 e. The molecule has 184 valence electrons. The van der Waals surface area contributed by atoms with E-state index in [0.717, 1.165) is 46.0 Å². The van der Waals surface area contributed by atoms with Gasteiger partial charge in [0.15, 0.2) is 5.78 Å². The maximum Gasteiger partial charge on any atom is 0.197 e. The summed E-state index contributed by atoms with van der Waals surface area (Å²) in [5.74, 6) is -0.0800. The Morgan fingerprint density at radius 2 is 1.47 bits per heavy atom. The average Bonchev–Trinajstić information content (AvgIpc) is 2.92. The van der Waals surface area contributed by atoms with Crippen molar-refractivity contribution in [1.29, 1.82) is 0 Å². The van der Waals surface area contributed by atoms with Crippen LogP contribution in [0.3, 0.4) is 0 Å². The number of hydrogen-bond donors (Lipinski definition) is 3. The van der Waals surface area contributed by atoms with Crippen molar-refractivity contribution >= 4 is 39.9 Å². The molecule has 0 aliphatic rings. The minimum atomic E-state index is -0.0800. The quantitative estimate of drug-likeness (QED) is 0.176. The Labute approximate surface area is 214 Å². The lowest BCUT2D eigenvalue weighted by Gasteiger charge is -2.28. The highest BCUT2D eigenvalue weighted by molar-refractivity contribution is 6.18. The Bertz CT molecular complexity index is 1350. The molecule has 0 radical (unpaired) electrons. The number of nitrogens with one attached hydrogen (secondary N) is 2. The molecule has 0 amide bonds. The van der Waals surface area contributed by atoms with E-state index in [2.05, 4.69) is 22.5 Å². The molecule has 4 aromatic rings. The summed E-state index contributed by atoms with van der Waals surface area (Å²) in [6, 6.07) is 28.0. The molecule has 0 aliphatic heterocycles. The molecular formula is C31H34N4O. The SMILES string of the molecule is CCc1ccc(C(=O)c2c(N)cc(NC)cc2CC)c(N(C)c2ccccc2)c1Nc1ccccc1. The van der Waals surface area contributed by atoms with Gasteiger partial charge in [0.25, 0.3) is 0 Å². The normalized spacial score (nSPS) is 10.7. The lowest BCUT2D eigenvalue weighted by atomic mass is 9.91. The van der Waals surface area contributed by atoms with E-state index >= 15 is 0 Å². The van der Waals surface area contributed by atoms with Crippen molar-refractivity contribution in [2.24, 2.45) is 0 Å². The fourth-order valence-electron chi connectivity index (χ4n) is 4.61. The number of ketones is 1. The van der Waals surface area contributed by atoms with Gasteiger partial charge in [0.05, 0.1) is 11.4 Å². The Kier molecular flexibility index (Phi) is 7.59. The molecule has 0 aromatic heterocycles. The maximum atomic E-state index is 14.3. The predicted molar refractivity (Wildman–Crippen MR) is 153 cm³/mol. The van der Waals surface area contributed by atoms with Crippen molar-refractivity contribution in [3.63, 3.8) is 0 Å². The fraction of sp³-hybridized carbons (Fsp3) is 0.194. The minimum Gasteiger partial charge on any atom is -0.398 e. The van der Waals surface area contributed by atoms with Gasteiger partial charge in [-0.3, -0.25) is 4.79 Å². The highest BCUT2D eigenvalue weighted by Crippen LogP contribution is 2.41. The van der Waals surface area contributed by atoms with Gasteiger partial charge in [0.1, 0.15) is 0 Å². The van der Waals surface area contributed by atoms with Crippen molar-refractivity contribution in [1.82, 2.24) is 0 Å². The van der Waals surface area contributed by atoms with Crippen LogP contribution in [0.2, 0.25) is 0 Å². The number of aryl methyl sites for hydroxylation is 2. The van der Waals surface area contributed by atoms with Gasteiger partial charge in [0.2, 0.25) is 0 Å². The predicted octanol–water partition coefficient (Wildman–Crippen LogP) is 7.18. The fourth-order valence-corrected chi connectivity index (χ4v) is 4.61. The standard InChI is InChI=1S/C31H34N4O/c1-5-21-17-18-26(31(36)28-22(6-2)19-24(33-3)20-27(28)32)30(35(4)25-15-11-8-12-16-25)29(21)34-23-13-9-7-10-14-23/h7-20,33-34H,5-6,32H2,1-4H3. The third kappa shape index (κ3) is 4.91. The summed E-state index contributed by atoms with van der Waals surface area (Å²) in [4.78, 5) is 16.3. The lowest BCUT2D eigenvalue weighted by molar-refractivity contribution is 0.103. The van der Waals surface area contributed by atoms with Gasteiger partial charge in [-0.15, -0.1) is 0 Å². The summed E-state index contributed by atoms with van der Waals surface area (Å²) in [5, 5.41) is 6.76. The van der Waals surface area contributed by atoms with Gasteiger partial charge < -0.3 is 21.3 Å². The van der Waals surface area contributed by atoms with Crippen molar-refractivity contribution in [3.8, 4) is 0 Å². The van der Waals surface area contributed by atoms with Crippen molar-refractivity contribution < 1.29 is 4.79 Å². The number of carbonyl (C=O) groups is 1. The van der Waals surface area contributed by atoms with Crippen molar-refractivity contribution in [2.45, 2.75) is 26.7 Å². The van der Waals surface area contributed by atoms with E-state index < -0.39 is 0 Å². The Morgan fingerprint density at radius 3 is 2.08 bits per heavy atom. The summed E-state index contributed by atoms with van der Waals surface area (Å²) < 4.78 is 0. The van der Waals surface area contributed by atoms with Crippen molar-refractivity contribution in [3.05, 3.63) is 107 Å². The molecule has 0 saturated heterocycles. The highest BCUT2D eigenvalue weighted by atomic mass is 16.1. The molecule has 36 heavy (non-hydrogen) atoms. The molecular weight excluding hydrogens is 444 g/mol. The van der Waals surface area contributed by atoms with Crippen LogP contribution in [0.15, 0.2) is 84.9 Å². The zero-order valence-corrected chi connectivity index (χ0v) is 21.4. The number of nitrogen functional groups attached to an aromatic ring is 1. The van der Waals surface area contributed by atoms with E-state index in [0.29, 0.717) is 23.2 Å². The van der Waals surface area contributed by atoms with Crippen LogP contribution in [0.5, 0.6) is 0 Å². The first-order chi connectivity index (χ1) is 17.5. The molecule has 0 spiro atoms. The molecule has 5 heteroatoms. The number of hydrogen-bond acceptors (Lipinski definition) is 5. The second kappa shape index (κ2) is 11.0. The molecule has 5 nitrogen and oxygen atoms in total. The molecule has 0 saturated carbocycles. The summed E-state index contributed by atoms with van der Waals surface area (Å²) in [6.45, 7) is 4.17. The Morgan fingerprint density at radius 1 is 0.833 bits per heavy atom. The van der Waals surface area contributed by atoms with Crippen LogP contribution in [0.1, 0.15) is 40.9 Å². The number of benzene rings is 4. The van der Waals surface area contributed by atoms with Gasteiger partial charge in [-0.2, -0.15) is 0 Å². The molecule has 4 N–H and O–H groups in total. The molecule has 0 atom stereocenters. The first kappa shape index (κ1) is 24.9. The zero-order valence-electron chi connectivity index (χ0n) is 21.4. The molecule has 4 aromatic carbocycles. The van der Waals surface area contributed by atoms with Crippen LogP contribution in [0.25, 0.3) is 0 Å². The summed E-state index contributed by atoms with van der Waals surface area (Å²) >= 11 is 0. The number of anilines is 6. The van der Waals surface area contributed by atoms with Crippen LogP contribution < -0.4 is 21.3 Å². The first-order valence-electron chi connectivity index (χ1n) is 12.4. The minimum absolute atomic E-state index is 0.0800. The van der Waals surface area contributed by atoms with Crippen LogP contribution in [0.4, 0.5) is 34.1 Å². The number of rotatable bonds is 9. The van der Waals surface area contributed by atoms with E-state index in [-0.39, 0.29) is 5.78 Å². The van der Waals surface area contributed by atoms with Gasteiger partial charge in [-0.05, 0) is 66.4 Å². The molecule has 0 unspecified atom stereocenters. The molecule has 0 bridgehead atoms. The van der Waals surface area contributed by atoms with Gasteiger partial charge in [-0.1, -0.05) is 56.3 Å². The average molecular weight is 479 g/mol. The molecule has 4 rings (SSSR count). The monoisotopic (exact) mass is 478 g/mol. The number of nitrogens with zero attached hydrogens (tertiary/aromatic N) is 1. The summed E-state index contributed by atoms with van der Waals surface area (Å²) in [7, 11) is 3.86. The van der Waals surface area contributed by atoms with Gasteiger partial charge >= 0.3 is 0 Å². The largest absolute Gasteiger partial charge is 0.398 e. The highest BCUT2D eigenvalue weighted by Gasteiger charge is 2.26. The second-order valence-electron chi connectivity index (χ2n) is 8.77. The van der Waals surface area contributed by atoms with Crippen LogP contribution in [0, 0.1) is 0 Å². The van der Waals surface area contributed by atoms with E-state index in [1.165, 1.54) is 0 Å². The Balaban J connectivity index is 1.96. The van der Waals surface area contributed by atoms with Crippen molar-refractivity contribution in [2.75, 3.05) is 35.4 Å². The topological polar surface area (TPSA) is 70.4 Å². The van der Waals surface area contributed by atoms with Crippen LogP contribution in [-0.2, 0) is 12.8 Å². The number of para-hydroxylation sites is 2.